The molecule has 16 heavy (non-hydrogen) atoms. The number of fused-ring (bicyclic) bond motifs is 2. The molecule has 1 saturated heterocycles. The summed E-state index contributed by atoms with van der Waals surface area (Å²) in [6, 6.07) is 0. The van der Waals surface area contributed by atoms with Gasteiger partial charge in [0.25, 0.3) is 0 Å². The minimum Gasteiger partial charge on any atom is -0.460 e. The Morgan fingerprint density at radius 1 is 1.44 bits per heavy atom. The van der Waals surface area contributed by atoms with Crippen molar-refractivity contribution in [3.8, 4) is 0 Å². The van der Waals surface area contributed by atoms with Crippen molar-refractivity contribution in [3.05, 3.63) is 0 Å². The summed E-state index contributed by atoms with van der Waals surface area (Å²) in [5.74, 6) is 0.687. The van der Waals surface area contributed by atoms with Gasteiger partial charge in [0.15, 0.2) is 0 Å². The molecule has 0 amide bonds. The zero-order chi connectivity index (χ0) is 11.8. The van der Waals surface area contributed by atoms with Gasteiger partial charge in [-0.3, -0.25) is 4.79 Å². The van der Waals surface area contributed by atoms with Crippen LogP contribution in [-0.2, 0) is 9.53 Å². The van der Waals surface area contributed by atoms with Crippen LogP contribution in [0.3, 0.4) is 0 Å². The van der Waals surface area contributed by atoms with E-state index in [1.165, 1.54) is 12.8 Å². The largest absolute Gasteiger partial charge is 0.460 e. The van der Waals surface area contributed by atoms with Gasteiger partial charge in [-0.2, -0.15) is 0 Å². The first-order valence-electron chi connectivity index (χ1n) is 6.35. The van der Waals surface area contributed by atoms with E-state index in [-0.39, 0.29) is 17.0 Å². The van der Waals surface area contributed by atoms with Crippen molar-refractivity contribution in [2.75, 3.05) is 13.1 Å². The van der Waals surface area contributed by atoms with Gasteiger partial charge in [-0.15, -0.1) is 0 Å². The van der Waals surface area contributed by atoms with Gasteiger partial charge >= 0.3 is 5.97 Å². The fourth-order valence-electron chi connectivity index (χ4n) is 2.98. The fraction of sp³-hybridized carbons (Fsp3) is 0.923. The molecule has 2 rings (SSSR count). The molecule has 0 radical (unpaired) electrons. The van der Waals surface area contributed by atoms with Crippen LogP contribution in [0.25, 0.3) is 0 Å². The quantitative estimate of drug-likeness (QED) is 0.695. The number of carbonyl (C=O) groups is 1. The lowest BCUT2D eigenvalue weighted by atomic mass is 9.67. The second kappa shape index (κ2) is 4.02. The number of hydrogen-bond donors (Lipinski definition) is 1. The first-order valence-corrected chi connectivity index (χ1v) is 6.35. The molecule has 2 unspecified atom stereocenters. The van der Waals surface area contributed by atoms with Crippen molar-refractivity contribution in [2.24, 2.45) is 11.3 Å². The third kappa shape index (κ3) is 2.40. The summed E-state index contributed by atoms with van der Waals surface area (Å²) in [6.07, 6.45) is 4.45. The average Bonchev–Trinajstić information content (AvgIpc) is 2.15. The van der Waals surface area contributed by atoms with Gasteiger partial charge in [0.1, 0.15) is 5.60 Å². The minimum atomic E-state index is -0.365. The topological polar surface area (TPSA) is 38.3 Å². The summed E-state index contributed by atoms with van der Waals surface area (Å²) in [4.78, 5) is 12.3. The van der Waals surface area contributed by atoms with Crippen LogP contribution in [0.2, 0.25) is 0 Å². The molecule has 0 aromatic rings. The predicted octanol–water partition coefficient (Wildman–Crippen LogP) is 2.11. The lowest BCUT2D eigenvalue weighted by molar-refractivity contribution is -0.172. The molecule has 1 saturated carbocycles. The highest BCUT2D eigenvalue weighted by atomic mass is 16.6. The van der Waals surface area contributed by atoms with Crippen LogP contribution < -0.4 is 5.32 Å². The zero-order valence-corrected chi connectivity index (χ0v) is 10.6. The lowest BCUT2D eigenvalue weighted by Crippen LogP contribution is -2.53. The van der Waals surface area contributed by atoms with E-state index in [2.05, 4.69) is 5.32 Å². The lowest BCUT2D eigenvalue weighted by Gasteiger charge is -2.44. The molecule has 0 aromatic carbocycles. The smallest absolute Gasteiger partial charge is 0.313 e. The van der Waals surface area contributed by atoms with Crippen LogP contribution in [0.15, 0.2) is 0 Å². The minimum absolute atomic E-state index is 0.0110. The van der Waals surface area contributed by atoms with Crippen LogP contribution in [0.5, 0.6) is 0 Å². The van der Waals surface area contributed by atoms with Crippen LogP contribution in [0, 0.1) is 11.3 Å². The summed E-state index contributed by atoms with van der Waals surface area (Å²) < 4.78 is 5.57. The highest BCUT2D eigenvalue weighted by Crippen LogP contribution is 2.42. The maximum Gasteiger partial charge on any atom is 0.313 e. The van der Waals surface area contributed by atoms with E-state index < -0.39 is 0 Å². The summed E-state index contributed by atoms with van der Waals surface area (Å²) in [5.41, 5.74) is -0.593. The van der Waals surface area contributed by atoms with Crippen molar-refractivity contribution in [2.45, 2.75) is 52.1 Å². The maximum absolute atomic E-state index is 12.3. The first-order chi connectivity index (χ1) is 7.41. The Morgan fingerprint density at radius 3 is 2.88 bits per heavy atom. The Balaban J connectivity index is 2.08. The number of piperidine rings is 1. The van der Waals surface area contributed by atoms with Gasteiger partial charge in [-0.1, -0.05) is 6.42 Å². The monoisotopic (exact) mass is 225 g/mol. The molecule has 0 aromatic heterocycles. The Kier molecular flexibility index (Phi) is 2.99. The van der Waals surface area contributed by atoms with E-state index in [0.29, 0.717) is 5.92 Å². The Hall–Kier alpha value is -0.570. The van der Waals surface area contributed by atoms with Gasteiger partial charge in [-0.05, 0) is 52.5 Å². The standard InChI is InChI=1S/C13H23NO2/c1-12(2,3)16-11(15)13-6-4-5-10(7-13)8-14-9-13/h10,14H,4-9H2,1-3H3. The Morgan fingerprint density at radius 2 is 2.19 bits per heavy atom. The second-order valence-corrected chi connectivity index (χ2v) is 6.38. The molecule has 2 fully saturated rings. The molecule has 92 valence electrons. The fourth-order valence-corrected chi connectivity index (χ4v) is 2.98. The van der Waals surface area contributed by atoms with Crippen LogP contribution >= 0.6 is 0 Å². The second-order valence-electron chi connectivity index (χ2n) is 6.38. The number of ether oxygens (including phenoxy) is 1. The first kappa shape index (κ1) is 11.9. The van der Waals surface area contributed by atoms with Gasteiger partial charge in [0, 0.05) is 6.54 Å². The van der Waals surface area contributed by atoms with E-state index >= 15 is 0 Å². The number of esters is 1. The van der Waals surface area contributed by atoms with Crippen molar-refractivity contribution in [3.63, 3.8) is 0 Å². The molecule has 1 N–H and O–H groups in total. The number of carbonyl (C=O) groups excluding carboxylic acids is 1. The number of rotatable bonds is 1. The molecule has 1 aliphatic carbocycles. The highest BCUT2D eigenvalue weighted by Gasteiger charge is 2.47. The Labute approximate surface area is 97.9 Å². The van der Waals surface area contributed by atoms with Gasteiger partial charge in [0.05, 0.1) is 5.41 Å². The third-order valence-electron chi connectivity index (χ3n) is 3.68. The van der Waals surface area contributed by atoms with Crippen molar-refractivity contribution >= 4 is 5.97 Å². The molecular formula is C13H23NO2. The summed E-state index contributed by atoms with van der Waals surface area (Å²) >= 11 is 0. The van der Waals surface area contributed by atoms with Gasteiger partial charge < -0.3 is 10.1 Å². The van der Waals surface area contributed by atoms with Crippen molar-refractivity contribution in [1.29, 1.82) is 0 Å². The third-order valence-corrected chi connectivity index (χ3v) is 3.68. The van der Waals surface area contributed by atoms with E-state index in [1.807, 2.05) is 20.8 Å². The molecule has 3 nitrogen and oxygen atoms in total. The van der Waals surface area contributed by atoms with E-state index in [4.69, 9.17) is 4.74 Å². The average molecular weight is 225 g/mol. The SMILES string of the molecule is CC(C)(C)OC(=O)C12CCCC(CNC1)C2. The predicted molar refractivity (Wildman–Crippen MR) is 63.1 cm³/mol. The number of nitrogens with one attached hydrogen (secondary N) is 1. The normalized spacial score (nSPS) is 34.6. The summed E-state index contributed by atoms with van der Waals surface area (Å²) in [7, 11) is 0. The summed E-state index contributed by atoms with van der Waals surface area (Å²) in [5, 5.41) is 3.39. The molecule has 2 aliphatic rings. The zero-order valence-electron chi connectivity index (χ0n) is 10.6. The van der Waals surface area contributed by atoms with Crippen LogP contribution in [-0.4, -0.2) is 24.7 Å². The van der Waals surface area contributed by atoms with Crippen molar-refractivity contribution in [1.82, 2.24) is 5.32 Å². The molecule has 0 spiro atoms. The van der Waals surface area contributed by atoms with Crippen molar-refractivity contribution < 1.29 is 9.53 Å². The molecule has 1 heterocycles. The molecule has 3 heteroatoms. The van der Waals surface area contributed by atoms with E-state index in [0.717, 1.165) is 25.9 Å². The van der Waals surface area contributed by atoms with Crippen LogP contribution in [0.4, 0.5) is 0 Å². The molecule has 2 atom stereocenters. The summed E-state index contributed by atoms with van der Waals surface area (Å²) in [6.45, 7) is 7.71. The van der Waals surface area contributed by atoms with E-state index in [1.54, 1.807) is 0 Å². The van der Waals surface area contributed by atoms with Crippen LogP contribution in [0.1, 0.15) is 46.5 Å². The molecular weight excluding hydrogens is 202 g/mol. The van der Waals surface area contributed by atoms with Gasteiger partial charge in [-0.25, -0.2) is 0 Å². The van der Waals surface area contributed by atoms with E-state index in [9.17, 15) is 4.79 Å². The number of hydrogen-bond acceptors (Lipinski definition) is 3. The Bertz CT molecular complexity index is 270. The molecule has 1 aliphatic heterocycles. The maximum atomic E-state index is 12.3. The highest BCUT2D eigenvalue weighted by molar-refractivity contribution is 5.78. The van der Waals surface area contributed by atoms with Gasteiger partial charge in [0.2, 0.25) is 0 Å². The molecule has 2 bridgehead atoms.